The molecule has 2 aromatic carbocycles. The Morgan fingerprint density at radius 2 is 1.90 bits per heavy atom. The number of aryl methyl sites for hydroxylation is 1. The molecule has 1 saturated heterocycles. The fourth-order valence-corrected chi connectivity index (χ4v) is 6.93. The first kappa shape index (κ1) is 29.5. The van der Waals surface area contributed by atoms with E-state index in [9.17, 15) is 9.90 Å². The smallest absolute Gasteiger partial charge is 0.321 e. The molecule has 7 nitrogen and oxygen atoms in total. The van der Waals surface area contributed by atoms with E-state index in [1.54, 1.807) is 0 Å². The highest BCUT2D eigenvalue weighted by molar-refractivity contribution is 7.50. The molecule has 0 bridgehead atoms. The van der Waals surface area contributed by atoms with Crippen molar-refractivity contribution in [3.63, 3.8) is 0 Å². The number of aliphatic carboxylic acids is 1. The average molecular weight is 554 g/mol. The van der Waals surface area contributed by atoms with Crippen molar-refractivity contribution in [2.24, 2.45) is 5.92 Å². The van der Waals surface area contributed by atoms with Crippen LogP contribution in [0, 0.1) is 5.92 Å². The van der Waals surface area contributed by atoms with Crippen molar-refractivity contribution in [2.45, 2.75) is 64.3 Å². The third-order valence-corrected chi connectivity index (χ3v) is 9.35. The van der Waals surface area contributed by atoms with Crippen molar-refractivity contribution in [2.75, 3.05) is 32.5 Å². The standard InChI is InChI=1S/C31H44N3O4P/c1-2-38-39(21-7-9-26-23-33-29-11-4-3-10-28(26)29)34-30(31(35)36)22-25-12-14-27(15-13-25)37-20-6-5-8-24-16-18-32-19-17-24/h3-4,10-15,23-24,30,32-34H,2,5-9,16-22H2,1H3,(H,35,36). The topological polar surface area (TPSA) is 95.6 Å². The fourth-order valence-electron chi connectivity index (χ4n) is 5.29. The summed E-state index contributed by atoms with van der Waals surface area (Å²) in [7, 11) is -1.05. The van der Waals surface area contributed by atoms with Crippen molar-refractivity contribution in [1.82, 2.24) is 15.4 Å². The molecule has 212 valence electrons. The number of H-pyrrole nitrogens is 1. The number of unbranched alkanes of at least 4 members (excludes halogenated alkanes) is 1. The molecular weight excluding hydrogens is 509 g/mol. The van der Waals surface area contributed by atoms with Crippen LogP contribution in [0.5, 0.6) is 5.75 Å². The highest BCUT2D eigenvalue weighted by atomic mass is 31.2. The van der Waals surface area contributed by atoms with Gasteiger partial charge in [-0.2, -0.15) is 0 Å². The summed E-state index contributed by atoms with van der Waals surface area (Å²) in [5.41, 5.74) is 3.40. The number of benzene rings is 2. The number of nitrogens with one attached hydrogen (secondary N) is 3. The van der Waals surface area contributed by atoms with Gasteiger partial charge in [-0.3, -0.25) is 9.88 Å². The Morgan fingerprint density at radius 3 is 2.67 bits per heavy atom. The molecule has 2 unspecified atom stereocenters. The number of carboxylic acids is 1. The van der Waals surface area contributed by atoms with Crippen LogP contribution in [0.4, 0.5) is 0 Å². The van der Waals surface area contributed by atoms with Gasteiger partial charge in [0.1, 0.15) is 20.1 Å². The van der Waals surface area contributed by atoms with Gasteiger partial charge in [0.05, 0.1) is 6.61 Å². The SMILES string of the molecule is CCOP(CCCc1c[nH]c2ccccc12)NC(Cc1ccc(OCCCCC2CCNCC2)cc1)C(=O)O. The van der Waals surface area contributed by atoms with E-state index >= 15 is 0 Å². The molecular formula is C31H44N3O4P. The summed E-state index contributed by atoms with van der Waals surface area (Å²) in [4.78, 5) is 15.4. The summed E-state index contributed by atoms with van der Waals surface area (Å²) >= 11 is 0. The third kappa shape index (κ3) is 9.61. The highest BCUT2D eigenvalue weighted by Gasteiger charge is 2.23. The van der Waals surface area contributed by atoms with E-state index in [1.807, 2.05) is 37.3 Å². The quantitative estimate of drug-likeness (QED) is 0.116. The van der Waals surface area contributed by atoms with Crippen molar-refractivity contribution in [3.05, 3.63) is 65.9 Å². The van der Waals surface area contributed by atoms with Crippen LogP contribution in [0.2, 0.25) is 0 Å². The Kier molecular flexibility index (Phi) is 12.1. The van der Waals surface area contributed by atoms with Gasteiger partial charge in [-0.05, 0) is 100 Å². The van der Waals surface area contributed by atoms with E-state index in [-0.39, 0.29) is 0 Å². The lowest BCUT2D eigenvalue weighted by Gasteiger charge is -2.23. The summed E-state index contributed by atoms with van der Waals surface area (Å²) < 4.78 is 11.9. The molecule has 0 amide bonds. The second kappa shape index (κ2) is 16.0. The van der Waals surface area contributed by atoms with Crippen LogP contribution in [-0.2, 0) is 22.2 Å². The van der Waals surface area contributed by atoms with Crippen LogP contribution in [0.25, 0.3) is 10.9 Å². The van der Waals surface area contributed by atoms with Gasteiger partial charge in [0, 0.05) is 29.9 Å². The molecule has 0 aliphatic carbocycles. The van der Waals surface area contributed by atoms with E-state index in [1.165, 1.54) is 36.6 Å². The Balaban J connectivity index is 1.20. The maximum Gasteiger partial charge on any atom is 0.321 e. The molecule has 3 aromatic rings. The summed E-state index contributed by atoms with van der Waals surface area (Å²) in [6, 6.07) is 15.5. The summed E-state index contributed by atoms with van der Waals surface area (Å²) in [6.45, 7) is 5.55. The third-order valence-electron chi connectivity index (χ3n) is 7.46. The van der Waals surface area contributed by atoms with Gasteiger partial charge in [-0.25, -0.2) is 0 Å². The molecule has 1 aliphatic heterocycles. The van der Waals surface area contributed by atoms with Gasteiger partial charge in [0.2, 0.25) is 0 Å². The zero-order valence-electron chi connectivity index (χ0n) is 23.2. The normalized spacial score (nSPS) is 15.8. The number of fused-ring (bicyclic) bond motifs is 1. The van der Waals surface area contributed by atoms with Crippen LogP contribution in [-0.4, -0.2) is 54.6 Å². The van der Waals surface area contributed by atoms with Gasteiger partial charge < -0.3 is 24.7 Å². The Hall–Kier alpha value is -2.44. The molecule has 39 heavy (non-hydrogen) atoms. The largest absolute Gasteiger partial charge is 0.494 e. The minimum absolute atomic E-state index is 0.403. The van der Waals surface area contributed by atoms with Gasteiger partial charge >= 0.3 is 5.97 Å². The first-order chi connectivity index (χ1) is 19.1. The summed E-state index contributed by atoms with van der Waals surface area (Å²) in [5.74, 6) is 0.853. The van der Waals surface area contributed by atoms with Gasteiger partial charge in [0.15, 0.2) is 0 Å². The highest BCUT2D eigenvalue weighted by Crippen LogP contribution is 2.35. The Labute approximate surface area is 234 Å². The molecule has 1 aromatic heterocycles. The minimum Gasteiger partial charge on any atom is -0.494 e. The van der Waals surface area contributed by atoms with E-state index in [4.69, 9.17) is 9.26 Å². The molecule has 8 heteroatoms. The second-order valence-corrected chi connectivity index (χ2v) is 12.1. The monoisotopic (exact) mass is 553 g/mol. The maximum absolute atomic E-state index is 12.1. The molecule has 4 rings (SSSR count). The van der Waals surface area contributed by atoms with Gasteiger partial charge in [-0.1, -0.05) is 36.8 Å². The number of rotatable bonds is 17. The molecule has 0 radical (unpaired) electrons. The fraction of sp³-hybridized carbons (Fsp3) is 0.516. The summed E-state index contributed by atoms with van der Waals surface area (Å²) in [5, 5.41) is 17.9. The van der Waals surface area contributed by atoms with Crippen molar-refractivity contribution in [1.29, 1.82) is 0 Å². The van der Waals surface area contributed by atoms with E-state index < -0.39 is 20.3 Å². The first-order valence-electron chi connectivity index (χ1n) is 14.5. The predicted octanol–water partition coefficient (Wildman–Crippen LogP) is 6.28. The lowest BCUT2D eigenvalue weighted by Crippen LogP contribution is -2.36. The number of para-hydroxylation sites is 1. The molecule has 1 aliphatic rings. The van der Waals surface area contributed by atoms with E-state index in [0.717, 1.165) is 67.9 Å². The molecule has 0 spiro atoms. The lowest BCUT2D eigenvalue weighted by molar-refractivity contribution is -0.138. The number of hydrogen-bond acceptors (Lipinski definition) is 5. The number of carbonyl (C=O) groups is 1. The number of carboxylic acid groups (broad SMARTS) is 1. The van der Waals surface area contributed by atoms with Crippen LogP contribution in [0.15, 0.2) is 54.7 Å². The van der Waals surface area contributed by atoms with Crippen LogP contribution in [0.3, 0.4) is 0 Å². The minimum atomic E-state index is -1.05. The van der Waals surface area contributed by atoms with Crippen LogP contribution in [0.1, 0.15) is 56.6 Å². The first-order valence-corrected chi connectivity index (χ1v) is 15.9. The maximum atomic E-state index is 12.1. The zero-order valence-corrected chi connectivity index (χ0v) is 24.1. The van der Waals surface area contributed by atoms with Crippen LogP contribution < -0.4 is 15.1 Å². The Morgan fingerprint density at radius 1 is 1.10 bits per heavy atom. The molecule has 4 N–H and O–H groups in total. The summed E-state index contributed by atoms with van der Waals surface area (Å²) in [6.07, 6.45) is 11.3. The average Bonchev–Trinajstić information content (AvgIpc) is 3.37. The van der Waals surface area contributed by atoms with E-state index in [2.05, 4.69) is 39.8 Å². The number of aromatic nitrogens is 1. The molecule has 1 fully saturated rings. The van der Waals surface area contributed by atoms with Crippen molar-refractivity contribution >= 4 is 25.2 Å². The van der Waals surface area contributed by atoms with Gasteiger partial charge in [-0.15, -0.1) is 0 Å². The Bertz CT molecular complexity index is 1130. The second-order valence-electron chi connectivity index (χ2n) is 10.4. The lowest BCUT2D eigenvalue weighted by atomic mass is 9.93. The number of hydrogen-bond donors (Lipinski definition) is 4. The zero-order chi connectivity index (χ0) is 27.3. The molecule has 0 saturated carbocycles. The molecule has 2 heterocycles. The number of ether oxygens (including phenoxy) is 1. The predicted molar refractivity (Wildman–Crippen MR) is 160 cm³/mol. The van der Waals surface area contributed by atoms with Crippen molar-refractivity contribution < 1.29 is 19.2 Å². The number of aromatic amines is 1. The number of piperidine rings is 1. The van der Waals surface area contributed by atoms with Crippen molar-refractivity contribution in [3.8, 4) is 5.75 Å². The van der Waals surface area contributed by atoms with Crippen LogP contribution >= 0.6 is 8.30 Å². The van der Waals surface area contributed by atoms with Gasteiger partial charge in [0.25, 0.3) is 0 Å². The van der Waals surface area contributed by atoms with E-state index in [0.29, 0.717) is 13.0 Å². The molecule has 2 atom stereocenters.